The fraction of sp³-hybridized carbons (Fsp3) is 0.222. The molecule has 7 nitrogen and oxygen atoms in total. The number of benzene rings is 2. The van der Waals surface area contributed by atoms with Gasteiger partial charge in [0.25, 0.3) is 5.89 Å². The van der Waals surface area contributed by atoms with Gasteiger partial charge in [0.1, 0.15) is 19.0 Å². The molecule has 0 amide bonds. The van der Waals surface area contributed by atoms with Gasteiger partial charge < -0.3 is 23.5 Å². The zero-order valence-corrected chi connectivity index (χ0v) is 13.6. The summed E-state index contributed by atoms with van der Waals surface area (Å²) in [5.74, 6) is 3.50. The molecule has 1 aromatic heterocycles. The molecule has 7 heteroatoms. The molecule has 0 atom stereocenters. The Morgan fingerprint density at radius 3 is 2.72 bits per heavy atom. The van der Waals surface area contributed by atoms with Crippen molar-refractivity contribution in [3.63, 3.8) is 0 Å². The fourth-order valence-corrected chi connectivity index (χ4v) is 2.47. The molecule has 1 aliphatic heterocycles. The molecular weight excluding hydrogens is 324 g/mol. The Balaban J connectivity index is 1.46. The van der Waals surface area contributed by atoms with Crippen LogP contribution >= 0.6 is 0 Å². The summed E-state index contributed by atoms with van der Waals surface area (Å²) in [5, 5.41) is 3.98. The van der Waals surface area contributed by atoms with E-state index in [4.69, 9.17) is 23.5 Å². The molecule has 2 aromatic carbocycles. The van der Waals surface area contributed by atoms with Crippen LogP contribution < -0.4 is 18.9 Å². The van der Waals surface area contributed by atoms with Gasteiger partial charge >= 0.3 is 0 Å². The van der Waals surface area contributed by atoms with Crippen LogP contribution in [0.5, 0.6) is 23.0 Å². The molecule has 0 spiro atoms. The second-order valence-corrected chi connectivity index (χ2v) is 5.31. The van der Waals surface area contributed by atoms with Crippen LogP contribution in [0.2, 0.25) is 0 Å². The lowest BCUT2D eigenvalue weighted by molar-refractivity contribution is 0.157. The fourth-order valence-electron chi connectivity index (χ4n) is 2.47. The van der Waals surface area contributed by atoms with Crippen LogP contribution in [0.1, 0.15) is 5.89 Å². The van der Waals surface area contributed by atoms with Gasteiger partial charge in [-0.05, 0) is 36.4 Å². The Morgan fingerprint density at radius 1 is 1.04 bits per heavy atom. The number of fused-ring (bicyclic) bond motifs is 1. The molecule has 0 fully saturated rings. The van der Waals surface area contributed by atoms with E-state index in [0.29, 0.717) is 42.2 Å². The highest BCUT2D eigenvalue weighted by Crippen LogP contribution is 2.39. The minimum absolute atomic E-state index is 0.142. The molecule has 0 aliphatic carbocycles. The minimum Gasteiger partial charge on any atom is -0.497 e. The molecular formula is C18H16N2O5. The highest BCUT2D eigenvalue weighted by atomic mass is 16.6. The van der Waals surface area contributed by atoms with Crippen molar-refractivity contribution in [3.8, 4) is 34.4 Å². The smallest absolute Gasteiger partial charge is 0.264 e. The SMILES string of the molecule is COc1ccc(-c2noc(COc3cccc4c3OCCO4)n2)cc1. The molecule has 0 saturated heterocycles. The second-order valence-electron chi connectivity index (χ2n) is 5.31. The van der Waals surface area contributed by atoms with E-state index in [1.807, 2.05) is 42.5 Å². The topological polar surface area (TPSA) is 75.8 Å². The summed E-state index contributed by atoms with van der Waals surface area (Å²) in [6.07, 6.45) is 0. The van der Waals surface area contributed by atoms with E-state index in [2.05, 4.69) is 10.1 Å². The number of ether oxygens (including phenoxy) is 4. The van der Waals surface area contributed by atoms with Crippen LogP contribution in [0.25, 0.3) is 11.4 Å². The van der Waals surface area contributed by atoms with Crippen molar-refractivity contribution in [2.24, 2.45) is 0 Å². The molecule has 128 valence electrons. The van der Waals surface area contributed by atoms with E-state index in [-0.39, 0.29) is 6.61 Å². The molecule has 0 radical (unpaired) electrons. The van der Waals surface area contributed by atoms with Crippen LogP contribution in [0.15, 0.2) is 47.0 Å². The summed E-state index contributed by atoms with van der Waals surface area (Å²) >= 11 is 0. The highest BCUT2D eigenvalue weighted by Gasteiger charge is 2.17. The van der Waals surface area contributed by atoms with Crippen molar-refractivity contribution in [2.75, 3.05) is 20.3 Å². The van der Waals surface area contributed by atoms with E-state index in [9.17, 15) is 0 Å². The van der Waals surface area contributed by atoms with Crippen molar-refractivity contribution >= 4 is 0 Å². The molecule has 0 saturated carbocycles. The zero-order chi connectivity index (χ0) is 17.1. The Kier molecular flexibility index (Phi) is 4.12. The lowest BCUT2D eigenvalue weighted by atomic mass is 10.2. The van der Waals surface area contributed by atoms with Gasteiger partial charge in [0, 0.05) is 5.56 Å². The van der Waals surface area contributed by atoms with Gasteiger partial charge in [0.15, 0.2) is 18.1 Å². The molecule has 1 aliphatic rings. The number of nitrogens with zero attached hydrogens (tertiary/aromatic N) is 2. The first-order chi connectivity index (χ1) is 12.3. The molecule has 2 heterocycles. The maximum atomic E-state index is 5.75. The lowest BCUT2D eigenvalue weighted by Crippen LogP contribution is -2.16. The summed E-state index contributed by atoms with van der Waals surface area (Å²) in [4.78, 5) is 4.35. The van der Waals surface area contributed by atoms with Gasteiger partial charge in [-0.15, -0.1) is 0 Å². The molecule has 0 unspecified atom stereocenters. The monoisotopic (exact) mass is 340 g/mol. The van der Waals surface area contributed by atoms with E-state index >= 15 is 0 Å². The third kappa shape index (κ3) is 3.21. The van der Waals surface area contributed by atoms with Crippen molar-refractivity contribution in [3.05, 3.63) is 48.4 Å². The van der Waals surface area contributed by atoms with Gasteiger partial charge in [-0.3, -0.25) is 0 Å². The van der Waals surface area contributed by atoms with Gasteiger partial charge in [0.05, 0.1) is 7.11 Å². The predicted molar refractivity (Wildman–Crippen MR) is 88.1 cm³/mol. The Morgan fingerprint density at radius 2 is 1.88 bits per heavy atom. The number of rotatable bonds is 5. The summed E-state index contributed by atoms with van der Waals surface area (Å²) in [7, 11) is 1.62. The largest absolute Gasteiger partial charge is 0.497 e. The van der Waals surface area contributed by atoms with E-state index in [1.54, 1.807) is 7.11 Å². The van der Waals surface area contributed by atoms with Crippen molar-refractivity contribution < 1.29 is 23.5 Å². The van der Waals surface area contributed by atoms with Crippen LogP contribution in [-0.2, 0) is 6.61 Å². The molecule has 4 rings (SSSR count). The average Bonchev–Trinajstić information content (AvgIpc) is 3.15. The summed E-state index contributed by atoms with van der Waals surface area (Å²) in [6, 6.07) is 12.9. The highest BCUT2D eigenvalue weighted by molar-refractivity contribution is 5.55. The molecule has 0 bridgehead atoms. The first kappa shape index (κ1) is 15.3. The maximum Gasteiger partial charge on any atom is 0.264 e. The zero-order valence-electron chi connectivity index (χ0n) is 13.6. The summed E-state index contributed by atoms with van der Waals surface area (Å²) < 4.78 is 27.3. The standard InChI is InChI=1S/C18H16N2O5/c1-21-13-7-5-12(6-8-13)18-19-16(25-20-18)11-24-15-4-2-3-14-17(15)23-10-9-22-14/h2-8H,9-11H2,1H3. The quantitative estimate of drug-likeness (QED) is 0.706. The summed E-state index contributed by atoms with van der Waals surface area (Å²) in [5.41, 5.74) is 0.838. The van der Waals surface area contributed by atoms with Crippen LogP contribution in [-0.4, -0.2) is 30.5 Å². The normalized spacial score (nSPS) is 12.7. The molecule has 0 N–H and O–H groups in total. The van der Waals surface area contributed by atoms with Gasteiger partial charge in [0.2, 0.25) is 11.6 Å². The first-order valence-corrected chi connectivity index (χ1v) is 7.82. The molecule has 3 aromatic rings. The third-order valence-electron chi connectivity index (χ3n) is 3.70. The van der Waals surface area contributed by atoms with Gasteiger partial charge in [-0.1, -0.05) is 11.2 Å². The second kappa shape index (κ2) is 6.72. The molecule has 25 heavy (non-hydrogen) atoms. The maximum absolute atomic E-state index is 5.75. The van der Waals surface area contributed by atoms with E-state index in [0.717, 1.165) is 11.3 Å². The number of aromatic nitrogens is 2. The van der Waals surface area contributed by atoms with Crippen molar-refractivity contribution in [1.29, 1.82) is 0 Å². The minimum atomic E-state index is 0.142. The van der Waals surface area contributed by atoms with Crippen LogP contribution in [0, 0.1) is 0 Å². The summed E-state index contributed by atoms with van der Waals surface area (Å²) in [6.45, 7) is 1.17. The average molecular weight is 340 g/mol. The van der Waals surface area contributed by atoms with Gasteiger partial charge in [-0.25, -0.2) is 0 Å². The van der Waals surface area contributed by atoms with Crippen molar-refractivity contribution in [1.82, 2.24) is 10.1 Å². The number of hydrogen-bond donors (Lipinski definition) is 0. The van der Waals surface area contributed by atoms with Crippen molar-refractivity contribution in [2.45, 2.75) is 6.61 Å². The first-order valence-electron chi connectivity index (χ1n) is 7.82. The third-order valence-corrected chi connectivity index (χ3v) is 3.70. The number of hydrogen-bond acceptors (Lipinski definition) is 7. The Labute approximate surface area is 144 Å². The Hall–Kier alpha value is -3.22. The van der Waals surface area contributed by atoms with Gasteiger partial charge in [-0.2, -0.15) is 4.98 Å². The number of methoxy groups -OCH3 is 1. The van der Waals surface area contributed by atoms with Crippen LogP contribution in [0.3, 0.4) is 0 Å². The van der Waals surface area contributed by atoms with Crippen LogP contribution in [0.4, 0.5) is 0 Å². The Bertz CT molecular complexity index is 860. The van der Waals surface area contributed by atoms with E-state index < -0.39 is 0 Å². The van der Waals surface area contributed by atoms with E-state index in [1.165, 1.54) is 0 Å². The lowest BCUT2D eigenvalue weighted by Gasteiger charge is -2.20. The predicted octanol–water partition coefficient (Wildman–Crippen LogP) is 3.10. The number of para-hydroxylation sites is 1.